The van der Waals surface area contributed by atoms with Gasteiger partial charge in [-0.25, -0.2) is 0 Å². The van der Waals surface area contributed by atoms with Gasteiger partial charge < -0.3 is 19.5 Å². The molecule has 0 spiro atoms. The van der Waals surface area contributed by atoms with Gasteiger partial charge in [0.25, 0.3) is 5.91 Å². The van der Waals surface area contributed by atoms with Gasteiger partial charge in [0.15, 0.2) is 0 Å². The summed E-state index contributed by atoms with van der Waals surface area (Å²) in [6, 6.07) is 7.51. The van der Waals surface area contributed by atoms with Crippen molar-refractivity contribution in [2.75, 3.05) is 51.4 Å². The number of anilines is 1. The summed E-state index contributed by atoms with van der Waals surface area (Å²) < 4.78 is 17.0. The number of rotatable bonds is 11. The van der Waals surface area contributed by atoms with Gasteiger partial charge in [0.05, 0.1) is 13.2 Å². The van der Waals surface area contributed by atoms with Crippen LogP contribution in [0.2, 0.25) is 0 Å². The van der Waals surface area contributed by atoms with Crippen LogP contribution in [-0.4, -0.2) is 62.5 Å². The molecule has 6 heteroatoms. The van der Waals surface area contributed by atoms with Gasteiger partial charge in [-0.05, 0) is 44.0 Å². The number of hydrogen-bond donors (Lipinski definition) is 1. The van der Waals surface area contributed by atoms with E-state index < -0.39 is 5.60 Å². The Bertz CT molecular complexity index is 558. The number of carbonyl (C=O) groups is 1. The molecule has 1 aromatic carbocycles. The van der Waals surface area contributed by atoms with Crippen molar-refractivity contribution in [3.05, 3.63) is 24.3 Å². The van der Waals surface area contributed by atoms with Crippen LogP contribution in [0.1, 0.15) is 40.0 Å². The Morgan fingerprint density at radius 2 is 1.85 bits per heavy atom. The molecular formula is C21H34N2O4. The Labute approximate surface area is 163 Å². The molecule has 0 unspecified atom stereocenters. The zero-order valence-corrected chi connectivity index (χ0v) is 17.0. The van der Waals surface area contributed by atoms with Crippen molar-refractivity contribution >= 4 is 11.6 Å². The van der Waals surface area contributed by atoms with E-state index in [4.69, 9.17) is 14.2 Å². The molecule has 1 aromatic rings. The first kappa shape index (κ1) is 21.7. The van der Waals surface area contributed by atoms with E-state index in [-0.39, 0.29) is 5.91 Å². The van der Waals surface area contributed by atoms with E-state index in [9.17, 15) is 4.79 Å². The summed E-state index contributed by atoms with van der Waals surface area (Å²) in [6.45, 7) is 11.6. The number of ether oxygens (including phenoxy) is 3. The number of benzene rings is 1. The molecular weight excluding hydrogens is 344 g/mol. The summed E-state index contributed by atoms with van der Waals surface area (Å²) in [6.07, 6.45) is 2.48. The zero-order chi connectivity index (χ0) is 19.5. The lowest BCUT2D eigenvalue weighted by molar-refractivity contribution is -0.140. The van der Waals surface area contributed by atoms with E-state index in [0.29, 0.717) is 19.6 Å². The standard InChI is InChI=1S/C21H34N2O4/c1-4-10-21(3,27-14-5-2)20(24)22-18-6-8-19(9-7-18)26-17-13-23-11-15-25-16-12-23/h6-9H,4-5,10-17H2,1-3H3,(H,22,24)/t21-/m0/s1. The molecule has 0 aliphatic carbocycles. The zero-order valence-electron chi connectivity index (χ0n) is 17.0. The van der Waals surface area contributed by atoms with Crippen LogP contribution in [-0.2, 0) is 14.3 Å². The lowest BCUT2D eigenvalue weighted by Gasteiger charge is -2.28. The Morgan fingerprint density at radius 1 is 1.15 bits per heavy atom. The first-order chi connectivity index (χ1) is 13.1. The molecule has 1 atom stereocenters. The van der Waals surface area contributed by atoms with Gasteiger partial charge in [0.1, 0.15) is 18.0 Å². The van der Waals surface area contributed by atoms with Crippen molar-refractivity contribution in [3.8, 4) is 5.75 Å². The third-order valence-electron chi connectivity index (χ3n) is 4.72. The minimum absolute atomic E-state index is 0.0983. The van der Waals surface area contributed by atoms with E-state index in [1.54, 1.807) is 0 Å². The van der Waals surface area contributed by atoms with E-state index >= 15 is 0 Å². The van der Waals surface area contributed by atoms with Crippen LogP contribution in [0.5, 0.6) is 5.75 Å². The normalized spacial score (nSPS) is 17.3. The molecule has 0 radical (unpaired) electrons. The van der Waals surface area contributed by atoms with Crippen LogP contribution in [0.3, 0.4) is 0 Å². The van der Waals surface area contributed by atoms with Gasteiger partial charge >= 0.3 is 0 Å². The molecule has 1 N–H and O–H groups in total. The van der Waals surface area contributed by atoms with Crippen LogP contribution in [0.15, 0.2) is 24.3 Å². The Morgan fingerprint density at radius 3 is 2.48 bits per heavy atom. The summed E-state index contributed by atoms with van der Waals surface area (Å²) in [7, 11) is 0. The summed E-state index contributed by atoms with van der Waals surface area (Å²) >= 11 is 0. The van der Waals surface area contributed by atoms with Crippen molar-refractivity contribution in [1.29, 1.82) is 0 Å². The van der Waals surface area contributed by atoms with Gasteiger partial charge in [-0.2, -0.15) is 0 Å². The number of hydrogen-bond acceptors (Lipinski definition) is 5. The number of amides is 1. The molecule has 27 heavy (non-hydrogen) atoms. The average Bonchev–Trinajstić information content (AvgIpc) is 2.69. The van der Waals surface area contributed by atoms with Crippen LogP contribution >= 0.6 is 0 Å². The van der Waals surface area contributed by atoms with E-state index in [2.05, 4.69) is 17.1 Å². The fourth-order valence-corrected chi connectivity index (χ4v) is 3.07. The van der Waals surface area contributed by atoms with Crippen molar-refractivity contribution in [2.24, 2.45) is 0 Å². The highest BCUT2D eigenvalue weighted by atomic mass is 16.5. The third-order valence-corrected chi connectivity index (χ3v) is 4.72. The highest BCUT2D eigenvalue weighted by Gasteiger charge is 2.33. The van der Waals surface area contributed by atoms with Crippen molar-refractivity contribution in [1.82, 2.24) is 4.90 Å². The quantitative estimate of drug-likeness (QED) is 0.640. The Kier molecular flexibility index (Phi) is 9.04. The Hall–Kier alpha value is -1.63. The molecule has 0 aromatic heterocycles. The van der Waals surface area contributed by atoms with E-state index in [1.807, 2.05) is 38.1 Å². The fraction of sp³-hybridized carbons (Fsp3) is 0.667. The molecule has 1 aliphatic rings. The molecule has 1 amide bonds. The topological polar surface area (TPSA) is 60.0 Å². The first-order valence-electron chi connectivity index (χ1n) is 10.1. The summed E-state index contributed by atoms with van der Waals surface area (Å²) in [4.78, 5) is 15.0. The van der Waals surface area contributed by atoms with Crippen LogP contribution in [0.4, 0.5) is 5.69 Å². The summed E-state index contributed by atoms with van der Waals surface area (Å²) in [5.41, 5.74) is -0.0408. The second-order valence-corrected chi connectivity index (χ2v) is 7.11. The monoisotopic (exact) mass is 378 g/mol. The molecule has 1 aliphatic heterocycles. The van der Waals surface area contributed by atoms with Crippen LogP contribution in [0, 0.1) is 0 Å². The average molecular weight is 379 g/mol. The molecule has 1 heterocycles. The lowest BCUT2D eigenvalue weighted by atomic mass is 9.99. The number of morpholine rings is 1. The smallest absolute Gasteiger partial charge is 0.256 e. The molecule has 6 nitrogen and oxygen atoms in total. The minimum Gasteiger partial charge on any atom is -0.492 e. The molecule has 1 saturated heterocycles. The van der Waals surface area contributed by atoms with Gasteiger partial charge in [-0.1, -0.05) is 20.3 Å². The predicted octanol–water partition coefficient (Wildman–Crippen LogP) is 3.32. The predicted molar refractivity (Wildman–Crippen MR) is 107 cm³/mol. The largest absolute Gasteiger partial charge is 0.492 e. The maximum Gasteiger partial charge on any atom is 0.256 e. The second-order valence-electron chi connectivity index (χ2n) is 7.11. The highest BCUT2D eigenvalue weighted by molar-refractivity contribution is 5.97. The highest BCUT2D eigenvalue weighted by Crippen LogP contribution is 2.22. The molecule has 0 bridgehead atoms. The Balaban J connectivity index is 1.81. The minimum atomic E-state index is -0.794. The maximum atomic E-state index is 12.7. The van der Waals surface area contributed by atoms with Gasteiger partial charge in [-0.15, -0.1) is 0 Å². The van der Waals surface area contributed by atoms with Gasteiger partial charge in [0, 0.05) is 31.9 Å². The number of nitrogens with zero attached hydrogens (tertiary/aromatic N) is 1. The van der Waals surface area contributed by atoms with Crippen LogP contribution < -0.4 is 10.1 Å². The van der Waals surface area contributed by atoms with Crippen LogP contribution in [0.25, 0.3) is 0 Å². The summed E-state index contributed by atoms with van der Waals surface area (Å²) in [5.74, 6) is 0.707. The second kappa shape index (κ2) is 11.3. The number of carbonyl (C=O) groups excluding carboxylic acids is 1. The lowest BCUT2D eigenvalue weighted by Crippen LogP contribution is -2.43. The van der Waals surface area contributed by atoms with Gasteiger partial charge in [0.2, 0.25) is 0 Å². The molecule has 1 fully saturated rings. The van der Waals surface area contributed by atoms with Crippen molar-refractivity contribution < 1.29 is 19.0 Å². The molecule has 2 rings (SSSR count). The maximum absolute atomic E-state index is 12.7. The van der Waals surface area contributed by atoms with Crippen molar-refractivity contribution in [3.63, 3.8) is 0 Å². The summed E-state index contributed by atoms with van der Waals surface area (Å²) in [5, 5.41) is 2.97. The molecule has 152 valence electrons. The SMILES string of the molecule is CCCO[C@@](C)(CCC)C(=O)Nc1ccc(OCCN2CCOCC2)cc1. The van der Waals surface area contributed by atoms with E-state index in [1.165, 1.54) is 0 Å². The van der Waals surface area contributed by atoms with Gasteiger partial charge in [-0.3, -0.25) is 9.69 Å². The van der Waals surface area contributed by atoms with Crippen molar-refractivity contribution in [2.45, 2.75) is 45.6 Å². The third kappa shape index (κ3) is 7.13. The van der Waals surface area contributed by atoms with E-state index in [0.717, 1.165) is 57.1 Å². The first-order valence-corrected chi connectivity index (χ1v) is 10.1. The molecule has 0 saturated carbocycles. The fourth-order valence-electron chi connectivity index (χ4n) is 3.07. The number of nitrogens with one attached hydrogen (secondary N) is 1.